The fourth-order valence-corrected chi connectivity index (χ4v) is 4.10. The monoisotopic (exact) mass is 424 g/mol. The van der Waals surface area contributed by atoms with Gasteiger partial charge in [-0.25, -0.2) is 4.98 Å². The summed E-state index contributed by atoms with van der Waals surface area (Å²) >= 11 is 1.36. The van der Waals surface area contributed by atoms with E-state index in [2.05, 4.69) is 39.3 Å². The molecule has 0 unspecified atom stereocenters. The van der Waals surface area contributed by atoms with E-state index in [4.69, 9.17) is 4.42 Å². The van der Waals surface area contributed by atoms with Gasteiger partial charge >= 0.3 is 0 Å². The van der Waals surface area contributed by atoms with Crippen molar-refractivity contribution < 1.29 is 9.21 Å². The number of furan rings is 1. The van der Waals surface area contributed by atoms with E-state index in [1.807, 2.05) is 47.9 Å². The van der Waals surface area contributed by atoms with Crippen molar-refractivity contribution in [1.82, 2.24) is 30.0 Å². The number of hydrogen-bond donors (Lipinski definition) is 2. The van der Waals surface area contributed by atoms with Crippen LogP contribution in [0.25, 0.3) is 22.6 Å². The normalized spacial score (nSPS) is 12.5. The smallest absolute Gasteiger partial charge is 0.231 e. The number of aromatic nitrogens is 5. The van der Waals surface area contributed by atoms with Crippen molar-refractivity contribution in [3.63, 3.8) is 0 Å². The largest absolute Gasteiger partial charge is 0.461 e. The minimum Gasteiger partial charge on any atom is -0.461 e. The number of nitrogens with zero attached hydrogens (tertiary/aromatic N) is 4. The molecule has 0 saturated heterocycles. The molecule has 8 nitrogen and oxygen atoms in total. The van der Waals surface area contributed by atoms with Crippen molar-refractivity contribution >= 4 is 28.7 Å². The molecule has 0 bridgehead atoms. The maximum Gasteiger partial charge on any atom is 0.231 e. The zero-order valence-electron chi connectivity index (χ0n) is 17.1. The van der Waals surface area contributed by atoms with Crippen LogP contribution in [0.5, 0.6) is 0 Å². The summed E-state index contributed by atoms with van der Waals surface area (Å²) in [5, 5.41) is 12.2. The summed E-state index contributed by atoms with van der Waals surface area (Å²) in [6.45, 7) is 6.82. The Labute approximate surface area is 178 Å². The van der Waals surface area contributed by atoms with E-state index in [9.17, 15) is 4.79 Å². The number of carbonyl (C=O) groups is 1. The van der Waals surface area contributed by atoms with E-state index in [1.165, 1.54) is 11.8 Å². The van der Waals surface area contributed by atoms with E-state index >= 15 is 0 Å². The molecule has 4 rings (SSSR count). The number of hydrogen-bond acceptors (Lipinski definition) is 6. The Morgan fingerprint density at radius 1 is 1.23 bits per heavy atom. The number of fused-ring (bicyclic) bond motifs is 1. The van der Waals surface area contributed by atoms with Crippen LogP contribution in [0, 0.1) is 5.92 Å². The second-order valence-electron chi connectivity index (χ2n) is 7.24. The van der Waals surface area contributed by atoms with Crippen molar-refractivity contribution in [2.24, 2.45) is 5.92 Å². The molecule has 0 aliphatic heterocycles. The molecule has 156 valence electrons. The minimum absolute atomic E-state index is 0.0793. The number of H-pyrrole nitrogens is 1. The number of amides is 1. The topological polar surface area (TPSA) is 102 Å². The number of para-hydroxylation sites is 2. The Hall–Kier alpha value is -3.07. The van der Waals surface area contributed by atoms with Crippen LogP contribution >= 0.6 is 11.8 Å². The first kappa shape index (κ1) is 20.2. The molecule has 3 aromatic heterocycles. The van der Waals surface area contributed by atoms with Crippen LogP contribution in [0.15, 0.2) is 52.2 Å². The lowest BCUT2D eigenvalue weighted by molar-refractivity contribution is -0.119. The van der Waals surface area contributed by atoms with Gasteiger partial charge in [-0.05, 0) is 37.1 Å². The van der Waals surface area contributed by atoms with Gasteiger partial charge in [0.25, 0.3) is 0 Å². The Morgan fingerprint density at radius 2 is 2.07 bits per heavy atom. The summed E-state index contributed by atoms with van der Waals surface area (Å²) in [6.07, 6.45) is 1.61. The van der Waals surface area contributed by atoms with E-state index in [-0.39, 0.29) is 23.6 Å². The highest BCUT2D eigenvalue weighted by atomic mass is 32.2. The first-order valence-electron chi connectivity index (χ1n) is 9.90. The van der Waals surface area contributed by atoms with E-state index in [0.717, 1.165) is 16.9 Å². The SMILES string of the molecule is CCn1c(SCC(=O)N[C@H](c2nc3ccccc3[nH]2)C(C)C)nnc1-c1ccco1. The average Bonchev–Trinajstić information content (AvgIpc) is 3.48. The van der Waals surface area contributed by atoms with Crippen molar-refractivity contribution in [3.05, 3.63) is 48.5 Å². The van der Waals surface area contributed by atoms with Crippen molar-refractivity contribution in [2.45, 2.75) is 38.5 Å². The van der Waals surface area contributed by atoms with Gasteiger partial charge in [-0.2, -0.15) is 0 Å². The Morgan fingerprint density at radius 3 is 2.77 bits per heavy atom. The van der Waals surface area contributed by atoms with Gasteiger partial charge in [0, 0.05) is 6.54 Å². The second kappa shape index (κ2) is 8.74. The summed E-state index contributed by atoms with van der Waals surface area (Å²) in [5.74, 6) is 2.42. The molecule has 3 heterocycles. The molecule has 1 aromatic carbocycles. The van der Waals surface area contributed by atoms with E-state index < -0.39 is 0 Å². The number of carbonyl (C=O) groups excluding carboxylic acids is 1. The maximum absolute atomic E-state index is 12.7. The first-order valence-corrected chi connectivity index (χ1v) is 10.9. The Bertz CT molecular complexity index is 1100. The summed E-state index contributed by atoms with van der Waals surface area (Å²) in [7, 11) is 0. The first-order chi connectivity index (χ1) is 14.6. The summed E-state index contributed by atoms with van der Waals surface area (Å²) in [6, 6.07) is 11.3. The second-order valence-corrected chi connectivity index (χ2v) is 8.19. The molecular formula is C21H24N6O2S. The molecule has 0 radical (unpaired) electrons. The lowest BCUT2D eigenvalue weighted by Gasteiger charge is -2.20. The van der Waals surface area contributed by atoms with E-state index in [1.54, 1.807) is 6.26 Å². The summed E-state index contributed by atoms with van der Waals surface area (Å²) in [5.41, 5.74) is 1.85. The standard InChI is InChI=1S/C21H24N6O2S/c1-4-27-20(16-10-7-11-29-16)25-26-21(27)30-12-17(28)24-18(13(2)3)19-22-14-8-5-6-9-15(14)23-19/h5-11,13,18H,4,12H2,1-3H3,(H,22,23)(H,24,28)/t18-/m0/s1. The molecule has 1 atom stereocenters. The zero-order chi connectivity index (χ0) is 21.1. The third kappa shape index (κ3) is 4.11. The third-order valence-electron chi connectivity index (χ3n) is 4.79. The lowest BCUT2D eigenvalue weighted by Crippen LogP contribution is -2.33. The molecule has 0 aliphatic rings. The van der Waals surface area contributed by atoms with Crippen LogP contribution in [0.3, 0.4) is 0 Å². The highest BCUT2D eigenvalue weighted by Gasteiger charge is 2.23. The fourth-order valence-electron chi connectivity index (χ4n) is 3.28. The van der Waals surface area contributed by atoms with Crippen LogP contribution in [0.4, 0.5) is 0 Å². The number of aromatic amines is 1. The average molecular weight is 425 g/mol. The molecule has 0 saturated carbocycles. The molecule has 30 heavy (non-hydrogen) atoms. The van der Waals surface area contributed by atoms with Gasteiger partial charge in [-0.3, -0.25) is 9.36 Å². The minimum atomic E-state index is -0.201. The number of thioether (sulfide) groups is 1. The highest BCUT2D eigenvalue weighted by Crippen LogP contribution is 2.25. The van der Waals surface area contributed by atoms with Crippen molar-refractivity contribution in [2.75, 3.05) is 5.75 Å². The van der Waals surface area contributed by atoms with Gasteiger partial charge < -0.3 is 14.7 Å². The van der Waals surface area contributed by atoms with Gasteiger partial charge in [0.15, 0.2) is 16.7 Å². The van der Waals surface area contributed by atoms with Gasteiger partial charge in [0.05, 0.1) is 29.1 Å². The van der Waals surface area contributed by atoms with Crippen molar-refractivity contribution in [3.8, 4) is 11.6 Å². The zero-order valence-corrected chi connectivity index (χ0v) is 17.9. The van der Waals surface area contributed by atoms with Gasteiger partial charge in [0.1, 0.15) is 5.82 Å². The van der Waals surface area contributed by atoms with Crippen LogP contribution in [-0.2, 0) is 11.3 Å². The third-order valence-corrected chi connectivity index (χ3v) is 5.76. The van der Waals surface area contributed by atoms with Crippen LogP contribution in [-0.4, -0.2) is 36.4 Å². The van der Waals surface area contributed by atoms with Gasteiger partial charge in [0.2, 0.25) is 5.91 Å². The molecule has 2 N–H and O–H groups in total. The Balaban J connectivity index is 1.44. The molecule has 9 heteroatoms. The van der Waals surface area contributed by atoms with Crippen LogP contribution < -0.4 is 5.32 Å². The lowest BCUT2D eigenvalue weighted by atomic mass is 10.0. The summed E-state index contributed by atoms with van der Waals surface area (Å²) in [4.78, 5) is 20.7. The van der Waals surface area contributed by atoms with Crippen molar-refractivity contribution in [1.29, 1.82) is 0 Å². The number of nitrogens with one attached hydrogen (secondary N) is 2. The van der Waals surface area contributed by atoms with Gasteiger partial charge in [-0.1, -0.05) is 37.7 Å². The molecule has 4 aromatic rings. The quantitative estimate of drug-likeness (QED) is 0.414. The molecule has 0 fully saturated rings. The maximum atomic E-state index is 12.7. The fraction of sp³-hybridized carbons (Fsp3) is 0.333. The van der Waals surface area contributed by atoms with Crippen LogP contribution in [0.1, 0.15) is 32.6 Å². The number of rotatable bonds is 8. The van der Waals surface area contributed by atoms with Gasteiger partial charge in [-0.15, -0.1) is 10.2 Å². The van der Waals surface area contributed by atoms with E-state index in [0.29, 0.717) is 23.3 Å². The predicted molar refractivity (Wildman–Crippen MR) is 116 cm³/mol. The predicted octanol–water partition coefficient (Wildman–Crippen LogP) is 4.04. The van der Waals surface area contributed by atoms with Crippen LogP contribution in [0.2, 0.25) is 0 Å². The highest BCUT2D eigenvalue weighted by molar-refractivity contribution is 7.99. The molecule has 0 aliphatic carbocycles. The molecule has 0 spiro atoms. The number of imidazole rings is 1. The molecule has 1 amide bonds. The number of benzene rings is 1. The Kier molecular flexibility index (Phi) is 5.89. The summed E-state index contributed by atoms with van der Waals surface area (Å²) < 4.78 is 7.37. The molecular weight excluding hydrogens is 400 g/mol.